The molecule has 0 aliphatic rings. The molecule has 0 nitrogen and oxygen atoms in total. The van der Waals surface area contributed by atoms with Gasteiger partial charge in [-0.3, -0.25) is 0 Å². The van der Waals surface area contributed by atoms with Gasteiger partial charge in [-0.05, 0) is 0 Å². The van der Waals surface area contributed by atoms with Crippen LogP contribution in [0.15, 0.2) is 0 Å². The SMILES string of the molecule is [H-].[H-].[Mg+2].[Si]=[Se].[Zn]. The van der Waals surface area contributed by atoms with Gasteiger partial charge in [-0.2, -0.15) is 0 Å². The molecule has 2 radical (unpaired) electrons. The van der Waals surface area contributed by atoms with Crippen LogP contribution >= 0.6 is 0 Å². The van der Waals surface area contributed by atoms with Gasteiger partial charge in [-0.25, -0.2) is 0 Å². The third-order valence-electron chi connectivity index (χ3n) is 0. The monoisotopic (exact) mass is 198 g/mol. The van der Waals surface area contributed by atoms with Crippen LogP contribution in [-0.2, 0) is 19.5 Å². The first kappa shape index (κ1) is 16.5. The Hall–Kier alpha value is 2.13. The van der Waals surface area contributed by atoms with Gasteiger partial charge in [0, 0.05) is 19.5 Å². The Morgan fingerprint density at radius 1 is 1.50 bits per heavy atom. The van der Waals surface area contributed by atoms with Crippen molar-refractivity contribution in [2.45, 2.75) is 0 Å². The van der Waals surface area contributed by atoms with Crippen molar-refractivity contribution < 1.29 is 22.3 Å². The first-order valence-corrected chi connectivity index (χ1v) is 3.18. The minimum atomic E-state index is 0. The Labute approximate surface area is 68.1 Å². The largest absolute Gasteiger partial charge is 0 e. The summed E-state index contributed by atoms with van der Waals surface area (Å²) in [5.41, 5.74) is 0. The molecule has 4 heteroatoms. The van der Waals surface area contributed by atoms with Gasteiger partial charge in [-0.15, -0.1) is 0 Å². The molecule has 16 valence electrons. The standard InChI is InChI=1S/Mg.SeSi.Zn.2H/c;1-2;;;/q+2;;;2*-1. The Kier molecular flexibility index (Phi) is 79.5. The zero-order valence-electron chi connectivity index (χ0n) is 4.32. The van der Waals surface area contributed by atoms with E-state index in [1.54, 1.807) is 0 Å². The van der Waals surface area contributed by atoms with E-state index in [9.17, 15) is 0 Å². The van der Waals surface area contributed by atoms with E-state index in [0.29, 0.717) is 0 Å². The first-order chi connectivity index (χ1) is 1.00. The minimum absolute atomic E-state index is 0. The molecule has 0 atom stereocenters. The zero-order chi connectivity index (χ0) is 2.00. The first-order valence-electron chi connectivity index (χ1n) is 0.204. The van der Waals surface area contributed by atoms with E-state index < -0.39 is 0 Å². The normalized spacial score (nSPS) is 1.00. The van der Waals surface area contributed by atoms with Gasteiger partial charge in [-0.1, -0.05) is 0 Å². The van der Waals surface area contributed by atoms with Crippen LogP contribution in [0.4, 0.5) is 0 Å². The molecule has 0 bridgehead atoms. The van der Waals surface area contributed by atoms with Gasteiger partial charge in [0.05, 0.1) is 0 Å². The maximum atomic E-state index is 2.85. The molecule has 0 aliphatic heterocycles. The Bertz CT molecular complexity index is 13.5. The number of hydrogen-bond donors (Lipinski definition) is 0. The quantitative estimate of drug-likeness (QED) is 0.442. The fourth-order valence-electron chi connectivity index (χ4n) is 0. The Balaban J connectivity index is -0.000000000833. The molecule has 4 heavy (non-hydrogen) atoms. The fourth-order valence-corrected chi connectivity index (χ4v) is 0. The van der Waals surface area contributed by atoms with E-state index in [-0.39, 0.29) is 45.4 Å². The van der Waals surface area contributed by atoms with Crippen molar-refractivity contribution in [3.05, 3.63) is 0 Å². The van der Waals surface area contributed by atoms with Crippen LogP contribution in [0.5, 0.6) is 0 Å². The number of rotatable bonds is 0. The molecular weight excluding hydrogens is 197 g/mol. The molecule has 0 amide bonds. The van der Waals surface area contributed by atoms with Crippen molar-refractivity contribution in [2.24, 2.45) is 0 Å². The second-order valence-corrected chi connectivity index (χ2v) is 0. The van der Waals surface area contributed by atoms with Crippen molar-refractivity contribution in [1.82, 2.24) is 0 Å². The third kappa shape index (κ3) is 8.92. The summed E-state index contributed by atoms with van der Waals surface area (Å²) in [6.07, 6.45) is 0. The smallest absolute Gasteiger partial charge is 0 e. The van der Waals surface area contributed by atoms with Gasteiger partial charge < -0.3 is 2.85 Å². The molecule has 0 rings (SSSR count). The van der Waals surface area contributed by atoms with Crippen molar-refractivity contribution in [1.29, 1.82) is 0 Å². The van der Waals surface area contributed by atoms with E-state index in [1.165, 1.54) is 0 Å². The molecule has 0 saturated heterocycles. The van der Waals surface area contributed by atoms with E-state index in [0.717, 1.165) is 0 Å². The van der Waals surface area contributed by atoms with E-state index in [4.69, 9.17) is 0 Å². The van der Waals surface area contributed by atoms with E-state index >= 15 is 0 Å². The van der Waals surface area contributed by atoms with Crippen LogP contribution in [0.1, 0.15) is 2.85 Å². The molecule has 0 aliphatic carbocycles. The van der Waals surface area contributed by atoms with Crippen molar-refractivity contribution in [2.75, 3.05) is 0 Å². The van der Waals surface area contributed by atoms with Gasteiger partial charge in [0.25, 0.3) is 0 Å². The van der Waals surface area contributed by atoms with Gasteiger partial charge in [0.1, 0.15) is 0 Å². The molecular formula is H2MgSeSiZn. The summed E-state index contributed by atoms with van der Waals surface area (Å²) in [6.45, 7) is 0. The molecule has 0 spiro atoms. The topological polar surface area (TPSA) is 0 Å². The molecule has 0 heterocycles. The summed E-state index contributed by atoms with van der Waals surface area (Å²) in [6, 6.07) is 0. The Morgan fingerprint density at radius 3 is 1.50 bits per heavy atom. The van der Waals surface area contributed by atoms with Crippen LogP contribution in [0.25, 0.3) is 0 Å². The molecule has 0 N–H and O–H groups in total. The average molecular weight is 199 g/mol. The summed E-state index contributed by atoms with van der Waals surface area (Å²) in [7, 11) is 2.85. The fraction of sp³-hybridized carbons (Fsp3) is 0. The van der Waals surface area contributed by atoms with Crippen LogP contribution in [0.3, 0.4) is 0 Å². The predicted molar refractivity (Wildman–Crippen MR) is 19.5 cm³/mol. The molecule has 0 aromatic carbocycles. The van der Waals surface area contributed by atoms with Gasteiger partial charge >= 0.3 is 46.3 Å². The summed E-state index contributed by atoms with van der Waals surface area (Å²) in [4.78, 5) is 0. The molecule has 0 fully saturated rings. The second-order valence-electron chi connectivity index (χ2n) is 0. The number of hydrogen-bond acceptors (Lipinski definition) is 0. The molecule has 0 unspecified atom stereocenters. The molecule has 0 aromatic rings. The van der Waals surface area contributed by atoms with E-state index in [2.05, 4.69) is 23.3 Å². The molecule has 0 aromatic heterocycles. The van der Waals surface area contributed by atoms with Crippen LogP contribution in [-0.4, -0.2) is 46.3 Å². The third-order valence-corrected chi connectivity index (χ3v) is 0. The summed E-state index contributed by atoms with van der Waals surface area (Å²) >= 11 is 2.43. The Morgan fingerprint density at radius 2 is 1.50 bits per heavy atom. The maximum Gasteiger partial charge on any atom is 0 e. The zero-order valence-corrected chi connectivity index (χ0v) is 9.42. The second kappa shape index (κ2) is 19.3. The van der Waals surface area contributed by atoms with Crippen LogP contribution in [0, 0.1) is 0 Å². The maximum absolute atomic E-state index is 2.85. The summed E-state index contributed by atoms with van der Waals surface area (Å²) in [5.74, 6) is 0. The molecule has 0 saturated carbocycles. The minimum Gasteiger partial charge on any atom is 0 e. The predicted octanol–water partition coefficient (Wildman–Crippen LogP) is -0.920. The van der Waals surface area contributed by atoms with Crippen molar-refractivity contribution in [3.63, 3.8) is 0 Å². The van der Waals surface area contributed by atoms with Crippen LogP contribution in [0.2, 0.25) is 0 Å². The van der Waals surface area contributed by atoms with Gasteiger partial charge in [0.15, 0.2) is 0 Å². The van der Waals surface area contributed by atoms with Gasteiger partial charge in [0.2, 0.25) is 0 Å². The summed E-state index contributed by atoms with van der Waals surface area (Å²) < 4.78 is 0. The average Bonchev–Trinajstić information content (AvgIpc) is 1.00. The van der Waals surface area contributed by atoms with E-state index in [1.807, 2.05) is 0 Å². The van der Waals surface area contributed by atoms with Crippen molar-refractivity contribution >= 4 is 46.3 Å². The summed E-state index contributed by atoms with van der Waals surface area (Å²) in [5, 5.41) is 0. The van der Waals surface area contributed by atoms with Crippen molar-refractivity contribution in [3.8, 4) is 0 Å². The van der Waals surface area contributed by atoms with Crippen LogP contribution < -0.4 is 0 Å².